The highest BCUT2D eigenvalue weighted by atomic mass is 32.2. The Hall–Kier alpha value is -6.39. The number of hydrogen-bond donors (Lipinski definition) is 1. The zero-order valence-corrected chi connectivity index (χ0v) is 30.2. The Morgan fingerprint density at radius 3 is 2.11 bits per heavy atom. The molecule has 0 spiro atoms. The number of hydrogen-bond acceptors (Lipinski definition) is 10. The molecule has 54 heavy (non-hydrogen) atoms. The van der Waals surface area contributed by atoms with Gasteiger partial charge in [-0.3, -0.25) is 19.3 Å². The molecule has 5 amide bonds. The molecule has 2 aliphatic heterocycles. The molecule has 0 aromatic heterocycles. The number of ether oxygens (including phenoxy) is 3. The van der Waals surface area contributed by atoms with Gasteiger partial charge in [0, 0.05) is 6.61 Å². The molecule has 6 rings (SSSR count). The lowest BCUT2D eigenvalue weighted by atomic mass is 10.1. The minimum Gasteiger partial charge on any atom is -0.495 e. The Morgan fingerprint density at radius 2 is 1.48 bits per heavy atom. The van der Waals surface area contributed by atoms with Crippen molar-refractivity contribution in [1.29, 1.82) is 0 Å². The molecule has 0 bridgehead atoms. The van der Waals surface area contributed by atoms with E-state index in [9.17, 15) is 32.4 Å². The number of nitrogens with one attached hydrogen (secondary N) is 1. The number of methoxy groups -OCH3 is 2. The average Bonchev–Trinajstić information content (AvgIpc) is 3.36. The predicted octanol–water partition coefficient (Wildman–Crippen LogP) is 4.06. The van der Waals surface area contributed by atoms with Crippen molar-refractivity contribution in [2.75, 3.05) is 26.1 Å². The van der Waals surface area contributed by atoms with E-state index in [2.05, 4.69) is 10.3 Å². The van der Waals surface area contributed by atoms with Gasteiger partial charge in [-0.05, 0) is 48.4 Å². The number of carbonyl (C=O) groups excluding carboxylic acids is 5. The first-order valence-electron chi connectivity index (χ1n) is 16.6. The normalized spacial score (nSPS) is 17.0. The minimum atomic E-state index is -4.71. The highest BCUT2D eigenvalue weighted by Crippen LogP contribution is 2.33. The minimum absolute atomic E-state index is 0.00892. The van der Waals surface area contributed by atoms with Crippen molar-refractivity contribution < 1.29 is 46.6 Å². The molecule has 1 saturated heterocycles. The van der Waals surface area contributed by atoms with Crippen LogP contribution in [-0.2, 0) is 42.2 Å². The summed E-state index contributed by atoms with van der Waals surface area (Å²) < 4.78 is 46.0. The van der Waals surface area contributed by atoms with Crippen LogP contribution < -0.4 is 10.1 Å². The summed E-state index contributed by atoms with van der Waals surface area (Å²) in [5, 5.41) is 2.58. The molecule has 2 unspecified atom stereocenters. The van der Waals surface area contributed by atoms with Crippen LogP contribution in [0.25, 0.3) is 0 Å². The molecule has 2 aliphatic rings. The molecule has 15 nitrogen and oxygen atoms in total. The highest BCUT2D eigenvalue weighted by molar-refractivity contribution is 7.89. The first-order chi connectivity index (χ1) is 26.0. The van der Waals surface area contributed by atoms with E-state index in [0.717, 1.165) is 9.21 Å². The van der Waals surface area contributed by atoms with Gasteiger partial charge < -0.3 is 19.5 Å². The number of urea groups is 1. The quantitative estimate of drug-likeness (QED) is 0.164. The van der Waals surface area contributed by atoms with E-state index >= 15 is 0 Å². The van der Waals surface area contributed by atoms with Gasteiger partial charge in [-0.2, -0.15) is 4.99 Å². The van der Waals surface area contributed by atoms with Crippen LogP contribution in [0.4, 0.5) is 10.5 Å². The van der Waals surface area contributed by atoms with Crippen molar-refractivity contribution in [3.63, 3.8) is 0 Å². The van der Waals surface area contributed by atoms with E-state index in [0.29, 0.717) is 16.0 Å². The second-order valence-corrected chi connectivity index (χ2v) is 13.8. The average molecular weight is 754 g/mol. The third-order valence-electron chi connectivity index (χ3n) is 8.66. The molecule has 4 aromatic rings. The summed E-state index contributed by atoms with van der Waals surface area (Å²) in [4.78, 5) is 75.6. The molecular formula is C38H35N5O10S. The van der Waals surface area contributed by atoms with Gasteiger partial charge >= 0.3 is 12.0 Å². The van der Waals surface area contributed by atoms with Crippen LogP contribution in [0.15, 0.2) is 113 Å². The maximum Gasteiger partial charge on any atom is 0.337 e. The van der Waals surface area contributed by atoms with Gasteiger partial charge in [0.1, 0.15) is 10.6 Å². The Bertz CT molecular complexity index is 2250. The summed E-state index contributed by atoms with van der Waals surface area (Å²) in [6.07, 6.45) is -1.53. The maximum atomic E-state index is 14.8. The number of anilines is 1. The summed E-state index contributed by atoms with van der Waals surface area (Å²) >= 11 is 0. The molecule has 0 radical (unpaired) electrons. The summed E-state index contributed by atoms with van der Waals surface area (Å²) in [5.41, 5.74) is 0.688. The number of carbonyl (C=O) groups is 5. The zero-order chi connectivity index (χ0) is 38.6. The third-order valence-corrected chi connectivity index (χ3v) is 10.5. The maximum absolute atomic E-state index is 14.8. The molecule has 16 heteroatoms. The summed E-state index contributed by atoms with van der Waals surface area (Å²) in [5.74, 6) is -4.64. The first-order valence-corrected chi connectivity index (χ1v) is 18.1. The highest BCUT2D eigenvalue weighted by Gasteiger charge is 2.54. The Morgan fingerprint density at radius 1 is 0.852 bits per heavy atom. The number of benzene rings is 4. The van der Waals surface area contributed by atoms with E-state index in [1.54, 1.807) is 67.6 Å². The number of esters is 1. The largest absolute Gasteiger partial charge is 0.495 e. The van der Waals surface area contributed by atoms with E-state index in [4.69, 9.17) is 14.2 Å². The molecule has 4 aromatic carbocycles. The fraction of sp³-hybridized carbons (Fsp3) is 0.211. The molecule has 1 fully saturated rings. The van der Waals surface area contributed by atoms with E-state index in [1.807, 2.05) is 0 Å². The number of nitrogens with zero attached hydrogens (tertiary/aromatic N) is 4. The lowest BCUT2D eigenvalue weighted by Gasteiger charge is -2.32. The van der Waals surface area contributed by atoms with Gasteiger partial charge in [0.2, 0.25) is 6.23 Å². The fourth-order valence-electron chi connectivity index (χ4n) is 6.12. The third kappa shape index (κ3) is 7.16. The second kappa shape index (κ2) is 15.7. The SMILES string of the molecule is CCOC1C(=O)N(C(C(=O)Nc2cc(C(=O)OC)ccc2OC)C2=NC(=O)c3ccccc3S(=O)(=O)N2Cc2ccccc2)C(=O)N1Cc1ccccc1. The van der Waals surface area contributed by atoms with Crippen molar-refractivity contribution in [3.05, 3.63) is 125 Å². The summed E-state index contributed by atoms with van der Waals surface area (Å²) in [7, 11) is -2.24. The summed E-state index contributed by atoms with van der Waals surface area (Å²) in [6.45, 7) is 1.03. The van der Waals surface area contributed by atoms with Crippen LogP contribution >= 0.6 is 0 Å². The Labute approximate surface area is 310 Å². The lowest BCUT2D eigenvalue weighted by Crippen LogP contribution is -2.57. The smallest absolute Gasteiger partial charge is 0.337 e. The number of sulfonamides is 1. The molecule has 0 saturated carbocycles. The number of amides is 5. The van der Waals surface area contributed by atoms with Crippen molar-refractivity contribution >= 4 is 51.3 Å². The first kappa shape index (κ1) is 37.4. The lowest BCUT2D eigenvalue weighted by molar-refractivity contribution is -0.144. The van der Waals surface area contributed by atoms with Crippen LogP contribution in [0.2, 0.25) is 0 Å². The standard InChI is InChI=1S/C38H35N5O10S/c1-4-53-36-35(46)43(38(48)41(36)22-24-13-7-5-8-14-24)31(34(45)39-28-21-26(37(47)52-3)19-20-29(28)51-2)32-40-33(44)27-17-11-12-18-30(27)54(49,50)42(32)23-25-15-9-6-10-16-25/h5-21,31,36H,4,22-23H2,1-3H3,(H,39,45). The molecule has 2 atom stereocenters. The number of amidine groups is 1. The predicted molar refractivity (Wildman–Crippen MR) is 194 cm³/mol. The van der Waals surface area contributed by atoms with E-state index < -0.39 is 69.3 Å². The monoisotopic (exact) mass is 753 g/mol. The Kier molecular flexibility index (Phi) is 10.9. The van der Waals surface area contributed by atoms with Gasteiger partial charge in [0.15, 0.2) is 11.9 Å². The van der Waals surface area contributed by atoms with Gasteiger partial charge in [0.05, 0.1) is 44.1 Å². The van der Waals surface area contributed by atoms with E-state index in [-0.39, 0.29) is 35.7 Å². The van der Waals surface area contributed by atoms with Crippen molar-refractivity contribution in [3.8, 4) is 5.75 Å². The second-order valence-electron chi connectivity index (χ2n) is 12.0. The van der Waals surface area contributed by atoms with Crippen LogP contribution in [0.1, 0.15) is 38.8 Å². The summed E-state index contributed by atoms with van der Waals surface area (Å²) in [6, 6.07) is 23.2. The number of aliphatic imine (C=N–C) groups is 1. The molecule has 278 valence electrons. The zero-order valence-electron chi connectivity index (χ0n) is 29.4. The van der Waals surface area contributed by atoms with Crippen molar-refractivity contribution in [1.82, 2.24) is 14.1 Å². The fourth-order valence-corrected chi connectivity index (χ4v) is 7.74. The topological polar surface area (TPSA) is 181 Å². The van der Waals surface area contributed by atoms with Gasteiger partial charge in [-0.1, -0.05) is 72.8 Å². The molecule has 1 N–H and O–H groups in total. The van der Waals surface area contributed by atoms with Crippen LogP contribution in [0.5, 0.6) is 5.75 Å². The van der Waals surface area contributed by atoms with Gasteiger partial charge in [-0.15, -0.1) is 0 Å². The van der Waals surface area contributed by atoms with Crippen molar-refractivity contribution in [2.45, 2.75) is 37.2 Å². The van der Waals surface area contributed by atoms with Crippen LogP contribution in [0.3, 0.4) is 0 Å². The van der Waals surface area contributed by atoms with Crippen LogP contribution in [-0.4, -0.2) is 91.2 Å². The number of fused-ring (bicyclic) bond motifs is 1. The van der Waals surface area contributed by atoms with Gasteiger partial charge in [0.25, 0.3) is 27.7 Å². The number of imide groups is 1. The van der Waals surface area contributed by atoms with Crippen LogP contribution in [0, 0.1) is 0 Å². The van der Waals surface area contributed by atoms with Gasteiger partial charge in [-0.25, -0.2) is 27.2 Å². The van der Waals surface area contributed by atoms with E-state index in [1.165, 1.54) is 56.7 Å². The van der Waals surface area contributed by atoms with Crippen molar-refractivity contribution in [2.24, 2.45) is 4.99 Å². The number of rotatable bonds is 12. The molecule has 0 aliphatic carbocycles. The molecule has 2 heterocycles. The molecular weight excluding hydrogens is 719 g/mol. The Balaban J connectivity index is 1.56.